The molecule has 3 heterocycles. The summed E-state index contributed by atoms with van der Waals surface area (Å²) in [6, 6.07) is 0. The van der Waals surface area contributed by atoms with E-state index in [9.17, 15) is 4.79 Å². The number of hydrogen-bond donors (Lipinski definition) is 0. The lowest BCUT2D eigenvalue weighted by molar-refractivity contribution is -0.148. The van der Waals surface area contributed by atoms with Crippen LogP contribution >= 0.6 is 11.3 Å². The first-order valence-corrected chi connectivity index (χ1v) is 8.73. The topological polar surface area (TPSA) is 42.4 Å². The Morgan fingerprint density at radius 3 is 2.76 bits per heavy atom. The fraction of sp³-hybridized carbons (Fsp3) is 0.750. The van der Waals surface area contributed by atoms with E-state index in [1.165, 1.54) is 9.88 Å². The zero-order valence-corrected chi connectivity index (χ0v) is 13.7. The van der Waals surface area contributed by atoms with E-state index in [1.54, 1.807) is 11.3 Å². The highest BCUT2D eigenvalue weighted by atomic mass is 32.1. The van der Waals surface area contributed by atoms with Gasteiger partial charge in [-0.1, -0.05) is 6.92 Å². The highest BCUT2D eigenvalue weighted by molar-refractivity contribution is 7.11. The Hall–Kier alpha value is -0.940. The highest BCUT2D eigenvalue weighted by Crippen LogP contribution is 2.37. The number of amides is 1. The monoisotopic (exact) mass is 308 g/mol. The van der Waals surface area contributed by atoms with E-state index in [2.05, 4.69) is 18.8 Å². The summed E-state index contributed by atoms with van der Waals surface area (Å²) in [6.45, 7) is 6.77. The van der Waals surface area contributed by atoms with Crippen molar-refractivity contribution in [1.29, 1.82) is 0 Å². The van der Waals surface area contributed by atoms with E-state index in [4.69, 9.17) is 4.74 Å². The minimum atomic E-state index is -0.190. The molecule has 2 fully saturated rings. The molecule has 3 rings (SSSR count). The van der Waals surface area contributed by atoms with E-state index in [1.807, 2.05) is 11.1 Å². The molecule has 0 spiro atoms. The number of ether oxygens (including phenoxy) is 1. The summed E-state index contributed by atoms with van der Waals surface area (Å²) in [7, 11) is 0. The van der Waals surface area contributed by atoms with Gasteiger partial charge in [-0.3, -0.25) is 4.79 Å². The van der Waals surface area contributed by atoms with Crippen molar-refractivity contribution in [2.24, 2.45) is 0 Å². The van der Waals surface area contributed by atoms with Crippen LogP contribution in [0.4, 0.5) is 0 Å². The number of carbonyl (C=O) groups is 1. The van der Waals surface area contributed by atoms with E-state index in [0.29, 0.717) is 0 Å². The second kappa shape index (κ2) is 6.05. The molecule has 2 aliphatic rings. The van der Waals surface area contributed by atoms with Crippen molar-refractivity contribution < 1.29 is 9.53 Å². The zero-order valence-electron chi connectivity index (χ0n) is 12.9. The predicted octanol–water partition coefficient (Wildman–Crippen LogP) is 2.90. The molecule has 1 aromatic heterocycles. The first kappa shape index (κ1) is 15.0. The molecule has 0 N–H and O–H groups in total. The van der Waals surface area contributed by atoms with Gasteiger partial charge in [0.2, 0.25) is 0 Å². The Morgan fingerprint density at radius 2 is 2.19 bits per heavy atom. The second-order valence-corrected chi connectivity index (χ2v) is 7.75. The van der Waals surface area contributed by atoms with Gasteiger partial charge in [0.05, 0.1) is 5.01 Å². The van der Waals surface area contributed by atoms with Crippen LogP contribution in [0.1, 0.15) is 48.9 Å². The number of aromatic nitrogens is 1. The van der Waals surface area contributed by atoms with Crippen molar-refractivity contribution in [2.75, 3.05) is 19.7 Å². The molecule has 1 unspecified atom stereocenters. The van der Waals surface area contributed by atoms with Crippen molar-refractivity contribution in [3.05, 3.63) is 16.1 Å². The van der Waals surface area contributed by atoms with Crippen LogP contribution in [0.15, 0.2) is 6.20 Å². The summed E-state index contributed by atoms with van der Waals surface area (Å²) < 4.78 is 5.63. The van der Waals surface area contributed by atoms with Crippen molar-refractivity contribution in [1.82, 2.24) is 9.88 Å². The van der Waals surface area contributed by atoms with Crippen LogP contribution in [0.3, 0.4) is 0 Å². The predicted molar refractivity (Wildman–Crippen MR) is 83.6 cm³/mol. The van der Waals surface area contributed by atoms with Crippen LogP contribution in [0, 0.1) is 6.92 Å². The molecule has 0 aliphatic carbocycles. The maximum atomic E-state index is 12.5. The molecule has 0 bridgehead atoms. The second-order valence-electron chi connectivity index (χ2n) is 6.52. The number of carbonyl (C=O) groups excluding carboxylic acids is 1. The Balaban J connectivity index is 1.60. The molecule has 1 aromatic rings. The number of hydrogen-bond acceptors (Lipinski definition) is 4. The molecule has 0 saturated carbocycles. The maximum Gasteiger partial charge on any atom is 0.251 e. The number of piperidine rings is 1. The number of aryl methyl sites for hydroxylation is 1. The highest BCUT2D eigenvalue weighted by Gasteiger charge is 2.37. The SMILES string of the molecule is Cc1cnc(C2(C)CCN(C(=O)C3CCCCO3)CC2)s1. The number of likely N-dealkylation sites (tertiary alicyclic amines) is 1. The van der Waals surface area contributed by atoms with Gasteiger partial charge in [0.1, 0.15) is 6.10 Å². The third-order valence-corrected chi connectivity index (χ3v) is 5.99. The smallest absolute Gasteiger partial charge is 0.251 e. The molecule has 1 atom stereocenters. The fourth-order valence-corrected chi connectivity index (χ4v) is 4.17. The summed E-state index contributed by atoms with van der Waals surface area (Å²) in [5.74, 6) is 0.201. The van der Waals surface area contributed by atoms with Gasteiger partial charge in [-0.25, -0.2) is 4.98 Å². The van der Waals surface area contributed by atoms with Gasteiger partial charge in [-0.15, -0.1) is 11.3 Å². The van der Waals surface area contributed by atoms with Gasteiger partial charge >= 0.3 is 0 Å². The lowest BCUT2D eigenvalue weighted by Crippen LogP contribution is -2.48. The summed E-state index contributed by atoms with van der Waals surface area (Å²) in [4.78, 5) is 20.3. The average Bonchev–Trinajstić information content (AvgIpc) is 2.96. The Labute approximate surface area is 130 Å². The molecule has 0 radical (unpaired) electrons. The molecule has 21 heavy (non-hydrogen) atoms. The van der Waals surface area contributed by atoms with Crippen LogP contribution in [0.25, 0.3) is 0 Å². The lowest BCUT2D eigenvalue weighted by Gasteiger charge is -2.39. The zero-order chi connectivity index (χ0) is 14.9. The van der Waals surface area contributed by atoms with Crippen LogP contribution in [-0.2, 0) is 14.9 Å². The van der Waals surface area contributed by atoms with Crippen molar-refractivity contribution in [2.45, 2.75) is 57.5 Å². The lowest BCUT2D eigenvalue weighted by atomic mass is 9.81. The van der Waals surface area contributed by atoms with Crippen LogP contribution < -0.4 is 0 Å². The van der Waals surface area contributed by atoms with Crippen LogP contribution in [0.5, 0.6) is 0 Å². The largest absolute Gasteiger partial charge is 0.368 e. The molecule has 2 aliphatic heterocycles. The molecule has 2 saturated heterocycles. The summed E-state index contributed by atoms with van der Waals surface area (Å²) in [5, 5.41) is 1.22. The van der Waals surface area contributed by atoms with Gasteiger partial charge in [0.15, 0.2) is 0 Å². The standard InChI is InChI=1S/C16H24N2O2S/c1-12-11-17-15(21-12)16(2)6-8-18(9-7-16)14(19)13-5-3-4-10-20-13/h11,13H,3-10H2,1-2H3. The minimum Gasteiger partial charge on any atom is -0.368 e. The van der Waals surface area contributed by atoms with Gasteiger partial charge in [0.25, 0.3) is 5.91 Å². The molecular formula is C16H24N2O2S. The van der Waals surface area contributed by atoms with E-state index in [-0.39, 0.29) is 17.4 Å². The first-order valence-electron chi connectivity index (χ1n) is 7.92. The maximum absolute atomic E-state index is 12.5. The van der Waals surface area contributed by atoms with E-state index >= 15 is 0 Å². The molecule has 116 valence electrons. The van der Waals surface area contributed by atoms with Gasteiger partial charge in [-0.2, -0.15) is 0 Å². The Morgan fingerprint density at radius 1 is 1.43 bits per heavy atom. The van der Waals surface area contributed by atoms with Crippen LogP contribution in [-0.4, -0.2) is 41.6 Å². The van der Waals surface area contributed by atoms with Gasteiger partial charge < -0.3 is 9.64 Å². The van der Waals surface area contributed by atoms with Crippen LogP contribution in [0.2, 0.25) is 0 Å². The summed E-state index contributed by atoms with van der Waals surface area (Å²) >= 11 is 1.79. The molecule has 1 amide bonds. The quantitative estimate of drug-likeness (QED) is 0.843. The normalized spacial score (nSPS) is 25.8. The van der Waals surface area contributed by atoms with Gasteiger partial charge in [-0.05, 0) is 39.0 Å². The molecule has 5 heteroatoms. The number of rotatable bonds is 2. The molecular weight excluding hydrogens is 284 g/mol. The van der Waals surface area contributed by atoms with Crippen molar-refractivity contribution in [3.63, 3.8) is 0 Å². The fourth-order valence-electron chi connectivity index (χ4n) is 3.21. The van der Waals surface area contributed by atoms with E-state index in [0.717, 1.165) is 51.8 Å². The minimum absolute atomic E-state index is 0.128. The summed E-state index contributed by atoms with van der Waals surface area (Å²) in [5.41, 5.74) is 0.128. The van der Waals surface area contributed by atoms with E-state index < -0.39 is 0 Å². The summed E-state index contributed by atoms with van der Waals surface area (Å²) in [6.07, 6.45) is 6.85. The number of thiazole rings is 1. The first-order chi connectivity index (χ1) is 10.1. The third kappa shape index (κ3) is 3.14. The van der Waals surface area contributed by atoms with Gasteiger partial charge in [0, 0.05) is 36.2 Å². The average molecular weight is 308 g/mol. The van der Waals surface area contributed by atoms with Crippen molar-refractivity contribution in [3.8, 4) is 0 Å². The third-order valence-electron chi connectivity index (χ3n) is 4.77. The number of nitrogens with zero attached hydrogens (tertiary/aromatic N) is 2. The van der Waals surface area contributed by atoms with Crippen molar-refractivity contribution >= 4 is 17.2 Å². The molecule has 0 aromatic carbocycles. The molecule has 4 nitrogen and oxygen atoms in total. The Kier molecular flexibility index (Phi) is 4.31. The Bertz CT molecular complexity index is 500.